The van der Waals surface area contributed by atoms with Crippen molar-refractivity contribution in [1.82, 2.24) is 19.9 Å². The number of hydrogen-bond donors (Lipinski definition) is 2. The molecule has 14 aliphatic rings. The molecule has 17 bridgehead atoms. The number of rotatable bonds is 0. The van der Waals surface area contributed by atoms with Gasteiger partial charge >= 0.3 is 0 Å². The largest absolute Gasteiger partial charge is 0.362 e. The third kappa shape index (κ3) is 9.13. The summed E-state index contributed by atoms with van der Waals surface area (Å²) in [5, 5.41) is 5.88. The summed E-state index contributed by atoms with van der Waals surface area (Å²) in [6.07, 6.45) is 7.28. The van der Waals surface area contributed by atoms with Crippen molar-refractivity contribution < 1.29 is 34.5 Å². The second-order valence-corrected chi connectivity index (χ2v) is 18.5. The van der Waals surface area contributed by atoms with Crippen LogP contribution in [-0.2, 0) is 26.5 Å². The van der Waals surface area contributed by atoms with Crippen molar-refractivity contribution in [3.05, 3.63) is 253 Å². The number of ketones is 1. The van der Waals surface area contributed by atoms with E-state index in [1.165, 1.54) is 18.2 Å². The Kier molecular flexibility index (Phi) is 12.5. The van der Waals surface area contributed by atoms with Gasteiger partial charge in [0.2, 0.25) is 11.8 Å². The first kappa shape index (κ1) is 47.4. The average molecular weight is 1160 g/mol. The second-order valence-electron chi connectivity index (χ2n) is 18.5. The zero-order valence-corrected chi connectivity index (χ0v) is 42.7. The van der Waals surface area contributed by atoms with E-state index in [0.29, 0.717) is 39.7 Å². The first-order valence-electron chi connectivity index (χ1n) is 24.5. The zero-order valence-electron chi connectivity index (χ0n) is 40.3. The van der Waals surface area contributed by atoms with E-state index in [1.54, 1.807) is 30.5 Å². The molecule has 0 aliphatic carbocycles. The standard InChI is InChI=1S/C66H40N6O3.Ir/c73-64-31-40-13-27-62(67-36-40)63-30-21-44(39-70-63)53-8-2-1-7-52(53)43-18-26-58-56-11-5-3-9-54(56)45-19-28-60(68-37-45)41-14-22-50(23-15-41)71-65(74)48-32-47(64)33-49(34-48)66(75)72-51-24-16-42(17-25-51)61-29-20-46(38-69-61)55-10-4-6-12-57(55)59(58)35-43;/h1-14,16,18-30,32-39H,31H2,(H,71,74)(H,72,75);/q-2;. The van der Waals surface area contributed by atoms with Gasteiger partial charge in [0.25, 0.3) is 0 Å². The van der Waals surface area contributed by atoms with Crippen molar-refractivity contribution in [2.24, 2.45) is 0 Å². The van der Waals surface area contributed by atoms with Crippen LogP contribution in [0.5, 0.6) is 0 Å². The van der Waals surface area contributed by atoms with Gasteiger partial charge in [-0.2, -0.15) is 0 Å². The maximum atomic E-state index is 14.2. The number of hydrogen-bond acceptors (Lipinski definition) is 7. The molecule has 25 rings (SSSR count). The monoisotopic (exact) mass is 1160 g/mol. The van der Waals surface area contributed by atoms with Crippen LogP contribution in [0.3, 0.4) is 0 Å². The molecule has 0 unspecified atom stereocenters. The van der Waals surface area contributed by atoms with Crippen LogP contribution in [0, 0.1) is 12.1 Å². The van der Waals surface area contributed by atoms with E-state index >= 15 is 0 Å². The van der Waals surface area contributed by atoms with Gasteiger partial charge in [-0.3, -0.25) is 24.4 Å². The number of carbonyl (C=O) groups is 3. The Morgan fingerprint density at radius 1 is 0.342 bits per heavy atom. The molecule has 2 amide bonds. The van der Waals surface area contributed by atoms with Gasteiger partial charge in [0.05, 0.1) is 11.4 Å². The third-order valence-corrected chi connectivity index (χ3v) is 13.8. The SMILES string of the molecule is O=C1Cc2ccc(nc2)-c2ccc(cn2)-c2ccccc2-c2ccc3c(c2)-c2ccccc2-c2ccc(nc2)-c2[c-]cc(cc2)NC(=O)c2cc1cc(c2)C(=O)Nc1c[c-]c(cc1)-c1ccc(cn1)-c1ccccc1-3.[Ir]. The summed E-state index contributed by atoms with van der Waals surface area (Å²) in [4.78, 5) is 61.9. The van der Waals surface area contributed by atoms with Crippen LogP contribution in [0.2, 0.25) is 0 Å². The molecule has 76 heavy (non-hydrogen) atoms. The quantitative estimate of drug-likeness (QED) is 0.145. The molecule has 14 aliphatic heterocycles. The van der Waals surface area contributed by atoms with Crippen molar-refractivity contribution in [2.45, 2.75) is 6.42 Å². The molecule has 0 saturated heterocycles. The molecular formula is C66H40IrN6O3-2. The van der Waals surface area contributed by atoms with Crippen LogP contribution in [0.4, 0.5) is 11.4 Å². The molecule has 10 heteroatoms. The third-order valence-electron chi connectivity index (χ3n) is 13.8. The Morgan fingerprint density at radius 3 is 1.21 bits per heavy atom. The Bertz CT molecular complexity index is 4050. The number of carbonyl (C=O) groups excluding carboxylic acids is 3. The topological polar surface area (TPSA) is 127 Å². The number of nitrogens with zero attached hydrogens (tertiary/aromatic N) is 4. The summed E-state index contributed by atoms with van der Waals surface area (Å²) in [7, 11) is 0. The molecule has 7 aromatic carbocycles. The van der Waals surface area contributed by atoms with Gasteiger partial charge in [-0.15, -0.1) is 59.7 Å². The molecule has 4 aromatic heterocycles. The van der Waals surface area contributed by atoms with Crippen LogP contribution >= 0.6 is 0 Å². The Balaban J connectivity index is 0.00000582. The van der Waals surface area contributed by atoms with Crippen LogP contribution in [-0.4, -0.2) is 37.5 Å². The van der Waals surface area contributed by atoms with Crippen LogP contribution < -0.4 is 10.6 Å². The predicted molar refractivity (Wildman–Crippen MR) is 295 cm³/mol. The van der Waals surface area contributed by atoms with Gasteiger partial charge < -0.3 is 20.6 Å². The van der Waals surface area contributed by atoms with E-state index < -0.39 is 11.8 Å². The van der Waals surface area contributed by atoms with Crippen molar-refractivity contribution in [2.75, 3.05) is 10.6 Å². The fourth-order valence-electron chi connectivity index (χ4n) is 9.97. The number of aromatic nitrogens is 4. The van der Waals surface area contributed by atoms with E-state index in [9.17, 15) is 14.4 Å². The van der Waals surface area contributed by atoms with Crippen LogP contribution in [0.15, 0.2) is 219 Å². The summed E-state index contributed by atoms with van der Waals surface area (Å²) < 4.78 is 0. The molecule has 18 heterocycles. The van der Waals surface area contributed by atoms with E-state index in [4.69, 9.17) is 19.9 Å². The molecule has 363 valence electrons. The smallest absolute Gasteiger partial charge is 0.247 e. The molecule has 11 aromatic rings. The Morgan fingerprint density at radius 2 is 0.750 bits per heavy atom. The summed E-state index contributed by atoms with van der Waals surface area (Å²) in [6.45, 7) is 0. The van der Waals surface area contributed by atoms with Crippen molar-refractivity contribution in [3.8, 4) is 101 Å². The number of amides is 2. The molecule has 0 fully saturated rings. The molecular weight excluding hydrogens is 1120 g/mol. The first-order valence-corrected chi connectivity index (χ1v) is 24.5. The minimum absolute atomic E-state index is 0. The molecule has 2 N–H and O–H groups in total. The summed E-state index contributed by atoms with van der Waals surface area (Å²) in [5.74, 6) is -1.32. The average Bonchev–Trinajstić information content (AvgIpc) is 3.48. The van der Waals surface area contributed by atoms with Crippen LogP contribution in [0.25, 0.3) is 101 Å². The second kappa shape index (κ2) is 20.0. The Hall–Kier alpha value is -9.60. The number of pyridine rings is 4. The molecule has 9 nitrogen and oxygen atoms in total. The summed E-state index contributed by atoms with van der Waals surface area (Å²) >= 11 is 0. The van der Waals surface area contributed by atoms with Crippen molar-refractivity contribution in [3.63, 3.8) is 0 Å². The maximum absolute atomic E-state index is 14.2. The fraction of sp³-hybridized carbons (Fsp3) is 0.0152. The van der Waals surface area contributed by atoms with E-state index in [0.717, 1.165) is 77.9 Å². The van der Waals surface area contributed by atoms with Gasteiger partial charge in [0.15, 0.2) is 5.78 Å². The first-order chi connectivity index (χ1) is 36.8. The number of nitrogens with one attached hydrogen (secondary N) is 2. The van der Waals surface area contributed by atoms with Gasteiger partial charge in [-0.1, -0.05) is 121 Å². The van der Waals surface area contributed by atoms with Gasteiger partial charge in [-0.25, -0.2) is 0 Å². The minimum Gasteiger partial charge on any atom is -0.362 e. The molecule has 0 spiro atoms. The van der Waals surface area contributed by atoms with Gasteiger partial charge in [0, 0.05) is 73.6 Å². The van der Waals surface area contributed by atoms with E-state index in [1.807, 2.05) is 67.1 Å². The van der Waals surface area contributed by atoms with E-state index in [2.05, 4.69) is 126 Å². The number of benzene rings is 7. The van der Waals surface area contributed by atoms with Crippen LogP contribution in [0.1, 0.15) is 36.6 Å². The summed E-state index contributed by atoms with van der Waals surface area (Å²) in [5.41, 5.74) is 18.3. The molecule has 0 saturated carbocycles. The predicted octanol–water partition coefficient (Wildman–Crippen LogP) is 14.4. The summed E-state index contributed by atoms with van der Waals surface area (Å²) in [6, 6.07) is 69.5. The van der Waals surface area contributed by atoms with Crippen molar-refractivity contribution >= 4 is 29.0 Å². The van der Waals surface area contributed by atoms with E-state index in [-0.39, 0.29) is 49.0 Å². The zero-order chi connectivity index (χ0) is 50.4. The fourth-order valence-corrected chi connectivity index (χ4v) is 9.97. The minimum atomic E-state index is -0.509. The normalized spacial score (nSPS) is 12.3. The number of Topliss-reactive ketones (excluding diaryl/α,β-unsaturated/α-hetero) is 1. The van der Waals surface area contributed by atoms with Gasteiger partial charge in [-0.05, 0) is 126 Å². The number of anilines is 2. The Labute approximate surface area is 451 Å². The van der Waals surface area contributed by atoms with Gasteiger partial charge in [0.1, 0.15) is 0 Å². The van der Waals surface area contributed by atoms with Crippen molar-refractivity contribution in [1.29, 1.82) is 0 Å². The molecule has 1 radical (unpaired) electrons. The molecule has 0 atom stereocenters. The maximum Gasteiger partial charge on any atom is 0.247 e.